The molecule has 0 radical (unpaired) electrons. The molecular weight excluding hydrogens is 336 g/mol. The molecule has 0 bridgehead atoms. The highest BCUT2D eigenvalue weighted by atomic mass is 19.1. The van der Waals surface area contributed by atoms with E-state index in [0.29, 0.717) is 0 Å². The molecule has 0 aromatic heterocycles. The Hall–Kier alpha value is -2.31. The summed E-state index contributed by atoms with van der Waals surface area (Å²) in [5.41, 5.74) is 0.945. The summed E-state index contributed by atoms with van der Waals surface area (Å²) in [6.07, 6.45) is 1.01. The molecule has 1 saturated heterocycles. The maximum atomic E-state index is 13.6. The molecule has 26 heavy (non-hydrogen) atoms. The highest BCUT2D eigenvalue weighted by Gasteiger charge is 2.20. The SMILES string of the molecule is O=C(CN1CCN(CCc2ccccc2)CC1)Nc1c(F)cccc1F. The lowest BCUT2D eigenvalue weighted by atomic mass is 10.1. The number of carbonyl (C=O) groups is 1. The van der Waals surface area contributed by atoms with Crippen LogP contribution in [-0.4, -0.2) is 55.0 Å². The monoisotopic (exact) mass is 359 g/mol. The van der Waals surface area contributed by atoms with Gasteiger partial charge in [-0.1, -0.05) is 36.4 Å². The third kappa shape index (κ3) is 5.09. The molecule has 1 amide bonds. The van der Waals surface area contributed by atoms with E-state index in [1.165, 1.54) is 11.6 Å². The van der Waals surface area contributed by atoms with Crippen molar-refractivity contribution in [3.63, 3.8) is 0 Å². The van der Waals surface area contributed by atoms with Crippen molar-refractivity contribution in [2.45, 2.75) is 6.42 Å². The van der Waals surface area contributed by atoms with Gasteiger partial charge in [0.1, 0.15) is 17.3 Å². The molecule has 138 valence electrons. The average molecular weight is 359 g/mol. The molecule has 6 heteroatoms. The lowest BCUT2D eigenvalue weighted by Gasteiger charge is -2.34. The summed E-state index contributed by atoms with van der Waals surface area (Å²) in [4.78, 5) is 16.5. The summed E-state index contributed by atoms with van der Waals surface area (Å²) in [5.74, 6) is -1.92. The molecule has 2 aromatic carbocycles. The number of hydrogen-bond donors (Lipinski definition) is 1. The molecule has 0 atom stereocenters. The first-order valence-electron chi connectivity index (χ1n) is 8.84. The smallest absolute Gasteiger partial charge is 0.238 e. The average Bonchev–Trinajstić information content (AvgIpc) is 2.65. The van der Waals surface area contributed by atoms with Crippen molar-refractivity contribution in [2.24, 2.45) is 0 Å². The molecule has 3 rings (SSSR count). The molecule has 1 aliphatic heterocycles. The summed E-state index contributed by atoms with van der Waals surface area (Å²) in [6, 6.07) is 13.9. The van der Waals surface area contributed by atoms with Crippen LogP contribution in [0.15, 0.2) is 48.5 Å². The maximum Gasteiger partial charge on any atom is 0.238 e. The fourth-order valence-corrected chi connectivity index (χ4v) is 3.10. The minimum atomic E-state index is -0.760. The van der Waals surface area contributed by atoms with Gasteiger partial charge >= 0.3 is 0 Å². The molecule has 1 N–H and O–H groups in total. The van der Waals surface area contributed by atoms with Crippen LogP contribution in [0.2, 0.25) is 0 Å². The van der Waals surface area contributed by atoms with Crippen LogP contribution in [0.25, 0.3) is 0 Å². The fourth-order valence-electron chi connectivity index (χ4n) is 3.10. The van der Waals surface area contributed by atoms with E-state index < -0.39 is 17.5 Å². The zero-order valence-corrected chi connectivity index (χ0v) is 14.6. The topological polar surface area (TPSA) is 35.6 Å². The number of nitrogens with one attached hydrogen (secondary N) is 1. The Morgan fingerprint density at radius 1 is 0.885 bits per heavy atom. The van der Waals surface area contributed by atoms with Crippen molar-refractivity contribution in [3.8, 4) is 0 Å². The van der Waals surface area contributed by atoms with Gasteiger partial charge in [0.2, 0.25) is 5.91 Å². The van der Waals surface area contributed by atoms with Crippen molar-refractivity contribution >= 4 is 11.6 Å². The van der Waals surface area contributed by atoms with Crippen LogP contribution in [0.5, 0.6) is 0 Å². The van der Waals surface area contributed by atoms with Gasteiger partial charge in [-0.2, -0.15) is 0 Å². The molecule has 0 saturated carbocycles. The van der Waals surface area contributed by atoms with Crippen molar-refractivity contribution in [3.05, 3.63) is 65.7 Å². The van der Waals surface area contributed by atoms with Crippen LogP contribution >= 0.6 is 0 Å². The Balaban J connectivity index is 1.41. The number of rotatable bonds is 6. The largest absolute Gasteiger partial charge is 0.320 e. The van der Waals surface area contributed by atoms with E-state index in [9.17, 15) is 13.6 Å². The third-order valence-corrected chi connectivity index (χ3v) is 4.62. The standard InChI is InChI=1S/C20H23F2N3O/c21-17-7-4-8-18(22)20(17)23-19(26)15-25-13-11-24(12-14-25)10-9-16-5-2-1-3-6-16/h1-8H,9-15H2,(H,23,26). The molecule has 0 aliphatic carbocycles. The summed E-state index contributed by atoms with van der Waals surface area (Å²) in [7, 11) is 0. The zero-order valence-electron chi connectivity index (χ0n) is 14.6. The quantitative estimate of drug-likeness (QED) is 0.862. The molecular formula is C20H23F2N3O. The van der Waals surface area contributed by atoms with E-state index in [4.69, 9.17) is 0 Å². The van der Waals surface area contributed by atoms with Gasteiger partial charge in [0.05, 0.1) is 6.54 Å². The van der Waals surface area contributed by atoms with Crippen LogP contribution < -0.4 is 5.32 Å². The first-order valence-corrected chi connectivity index (χ1v) is 8.84. The summed E-state index contributed by atoms with van der Waals surface area (Å²) >= 11 is 0. The minimum Gasteiger partial charge on any atom is -0.320 e. The highest BCUT2D eigenvalue weighted by Crippen LogP contribution is 2.18. The number of anilines is 1. The lowest BCUT2D eigenvalue weighted by Crippen LogP contribution is -2.49. The van der Waals surface area contributed by atoms with Gasteiger partial charge in [-0.25, -0.2) is 8.78 Å². The van der Waals surface area contributed by atoms with E-state index in [-0.39, 0.29) is 12.2 Å². The van der Waals surface area contributed by atoms with Gasteiger partial charge in [-0.15, -0.1) is 0 Å². The molecule has 2 aromatic rings. The molecule has 0 unspecified atom stereocenters. The first-order chi connectivity index (χ1) is 12.6. The van der Waals surface area contributed by atoms with Gasteiger partial charge in [-0.05, 0) is 24.1 Å². The summed E-state index contributed by atoms with van der Waals surface area (Å²) in [5, 5.41) is 2.34. The zero-order chi connectivity index (χ0) is 18.4. The normalized spacial score (nSPS) is 15.8. The number of para-hydroxylation sites is 1. The van der Waals surface area contributed by atoms with E-state index in [0.717, 1.165) is 51.3 Å². The first kappa shape index (κ1) is 18.5. The van der Waals surface area contributed by atoms with Crippen molar-refractivity contribution < 1.29 is 13.6 Å². The molecule has 4 nitrogen and oxygen atoms in total. The predicted octanol–water partition coefficient (Wildman–Crippen LogP) is 2.76. The van der Waals surface area contributed by atoms with Gasteiger partial charge in [0.15, 0.2) is 0 Å². The molecule has 1 aliphatic rings. The van der Waals surface area contributed by atoms with Crippen molar-refractivity contribution in [1.29, 1.82) is 0 Å². The van der Waals surface area contributed by atoms with Gasteiger partial charge in [0, 0.05) is 32.7 Å². The van der Waals surface area contributed by atoms with Crippen LogP contribution in [0.3, 0.4) is 0 Å². The van der Waals surface area contributed by atoms with Gasteiger partial charge in [0.25, 0.3) is 0 Å². The second-order valence-corrected chi connectivity index (χ2v) is 6.50. The van der Waals surface area contributed by atoms with Crippen LogP contribution in [0.4, 0.5) is 14.5 Å². The number of amides is 1. The summed E-state index contributed by atoms with van der Waals surface area (Å²) in [6.45, 7) is 4.43. The Morgan fingerprint density at radius 3 is 2.15 bits per heavy atom. The molecule has 0 spiro atoms. The molecule has 1 fully saturated rings. The number of hydrogen-bond acceptors (Lipinski definition) is 3. The number of piperazine rings is 1. The second-order valence-electron chi connectivity index (χ2n) is 6.50. The second kappa shape index (κ2) is 8.87. The Morgan fingerprint density at radius 2 is 1.50 bits per heavy atom. The Labute approximate surface area is 152 Å². The van der Waals surface area contributed by atoms with E-state index in [1.54, 1.807) is 0 Å². The van der Waals surface area contributed by atoms with Crippen LogP contribution in [0.1, 0.15) is 5.56 Å². The highest BCUT2D eigenvalue weighted by molar-refractivity contribution is 5.92. The van der Waals surface area contributed by atoms with Crippen LogP contribution in [-0.2, 0) is 11.2 Å². The van der Waals surface area contributed by atoms with Crippen molar-refractivity contribution in [1.82, 2.24) is 9.80 Å². The maximum absolute atomic E-state index is 13.6. The number of halogens is 2. The molecule has 1 heterocycles. The minimum absolute atomic E-state index is 0.139. The van der Waals surface area contributed by atoms with E-state index >= 15 is 0 Å². The Bertz CT molecular complexity index is 711. The number of nitrogens with zero attached hydrogens (tertiary/aromatic N) is 2. The third-order valence-electron chi connectivity index (χ3n) is 4.62. The van der Waals surface area contributed by atoms with Crippen molar-refractivity contribution in [2.75, 3.05) is 44.6 Å². The number of benzene rings is 2. The fraction of sp³-hybridized carbons (Fsp3) is 0.350. The predicted molar refractivity (Wildman–Crippen MR) is 98.0 cm³/mol. The van der Waals surface area contributed by atoms with Crippen LogP contribution in [0, 0.1) is 11.6 Å². The Kier molecular flexibility index (Phi) is 6.30. The lowest BCUT2D eigenvalue weighted by molar-refractivity contribution is -0.117. The van der Waals surface area contributed by atoms with E-state index in [2.05, 4.69) is 22.3 Å². The van der Waals surface area contributed by atoms with E-state index in [1.807, 2.05) is 23.1 Å². The number of carbonyl (C=O) groups excluding carboxylic acids is 1. The summed E-state index contributed by atoms with van der Waals surface area (Å²) < 4.78 is 27.2. The van der Waals surface area contributed by atoms with Gasteiger partial charge < -0.3 is 10.2 Å². The van der Waals surface area contributed by atoms with Gasteiger partial charge in [-0.3, -0.25) is 9.69 Å².